The fourth-order valence-electron chi connectivity index (χ4n) is 3.34. The van der Waals surface area contributed by atoms with E-state index in [2.05, 4.69) is 22.0 Å². The molecule has 0 atom stereocenters. The summed E-state index contributed by atoms with van der Waals surface area (Å²) in [7, 11) is 0. The Morgan fingerprint density at radius 1 is 1.12 bits per heavy atom. The molecular weight excluding hydrogens is 322 g/mol. The predicted octanol–water partition coefficient (Wildman–Crippen LogP) is 3.60. The van der Waals surface area contributed by atoms with Crippen molar-refractivity contribution in [1.29, 1.82) is 0 Å². The summed E-state index contributed by atoms with van der Waals surface area (Å²) >= 11 is 0. The number of aliphatic imine (C=N–C) groups is 1. The van der Waals surface area contributed by atoms with Gasteiger partial charge in [-0.15, -0.1) is 12.4 Å². The SMILES string of the molecule is Cc1ccc(C)c(C(=O)CN2C3=NCCN3c3ccccc32)c1.Cl. The molecule has 2 heterocycles. The number of para-hydroxylation sites is 2. The van der Waals surface area contributed by atoms with Crippen LogP contribution in [0.25, 0.3) is 0 Å². The van der Waals surface area contributed by atoms with E-state index in [0.717, 1.165) is 47.1 Å². The number of aryl methyl sites for hydroxylation is 2. The Balaban J connectivity index is 0.00000169. The summed E-state index contributed by atoms with van der Waals surface area (Å²) in [5, 5.41) is 0. The molecule has 2 aliphatic heterocycles. The van der Waals surface area contributed by atoms with Crippen molar-refractivity contribution in [3.05, 3.63) is 59.2 Å². The van der Waals surface area contributed by atoms with Crippen LogP contribution >= 0.6 is 12.4 Å². The molecule has 24 heavy (non-hydrogen) atoms. The molecule has 4 nitrogen and oxygen atoms in total. The molecule has 0 aliphatic carbocycles. The van der Waals surface area contributed by atoms with Crippen LogP contribution in [-0.4, -0.2) is 31.4 Å². The summed E-state index contributed by atoms with van der Waals surface area (Å²) < 4.78 is 0. The third-order valence-electron chi connectivity index (χ3n) is 4.52. The Hall–Kier alpha value is -2.33. The molecular formula is C19H20ClN3O. The lowest BCUT2D eigenvalue weighted by Crippen LogP contribution is -2.38. The maximum absolute atomic E-state index is 12.9. The zero-order valence-corrected chi connectivity index (χ0v) is 14.6. The van der Waals surface area contributed by atoms with Crippen LogP contribution in [0.5, 0.6) is 0 Å². The van der Waals surface area contributed by atoms with Gasteiger partial charge < -0.3 is 9.80 Å². The van der Waals surface area contributed by atoms with Gasteiger partial charge in [0.2, 0.25) is 5.96 Å². The minimum absolute atomic E-state index is 0. The summed E-state index contributed by atoms with van der Waals surface area (Å²) in [5.74, 6) is 1.04. The van der Waals surface area contributed by atoms with Gasteiger partial charge in [0.15, 0.2) is 5.78 Å². The normalized spacial score (nSPS) is 14.8. The van der Waals surface area contributed by atoms with Gasteiger partial charge in [0.25, 0.3) is 0 Å². The highest BCUT2D eigenvalue weighted by Crippen LogP contribution is 2.38. The monoisotopic (exact) mass is 341 g/mol. The van der Waals surface area contributed by atoms with Crippen LogP contribution in [0.15, 0.2) is 47.5 Å². The van der Waals surface area contributed by atoms with Crippen LogP contribution in [0.4, 0.5) is 11.4 Å². The van der Waals surface area contributed by atoms with Gasteiger partial charge in [-0.25, -0.2) is 0 Å². The second-order valence-corrected chi connectivity index (χ2v) is 6.15. The zero-order valence-electron chi connectivity index (χ0n) is 13.8. The number of anilines is 2. The maximum Gasteiger partial charge on any atom is 0.206 e. The van der Waals surface area contributed by atoms with Crippen molar-refractivity contribution in [2.24, 2.45) is 4.99 Å². The van der Waals surface area contributed by atoms with Crippen LogP contribution in [0, 0.1) is 13.8 Å². The Kier molecular flexibility index (Phi) is 4.33. The standard InChI is InChI=1S/C19H19N3O.ClH/c1-13-7-8-14(2)15(11-13)18(23)12-22-17-6-4-3-5-16(17)21-10-9-20-19(21)22;/h3-8,11H,9-10,12H2,1-2H3;1H. The summed E-state index contributed by atoms with van der Waals surface area (Å²) in [5.41, 5.74) is 5.17. The van der Waals surface area contributed by atoms with Gasteiger partial charge in [0.05, 0.1) is 24.5 Å². The third kappa shape index (κ3) is 2.57. The van der Waals surface area contributed by atoms with E-state index in [1.165, 1.54) is 0 Å². The van der Waals surface area contributed by atoms with Crippen molar-refractivity contribution in [1.82, 2.24) is 0 Å². The van der Waals surface area contributed by atoms with E-state index in [4.69, 9.17) is 0 Å². The predicted molar refractivity (Wildman–Crippen MR) is 101 cm³/mol. The Morgan fingerprint density at radius 2 is 1.88 bits per heavy atom. The number of hydrogen-bond acceptors (Lipinski definition) is 4. The Bertz CT molecular complexity index is 831. The minimum atomic E-state index is 0. The van der Waals surface area contributed by atoms with Crippen LogP contribution in [0.3, 0.4) is 0 Å². The minimum Gasteiger partial charge on any atom is -0.308 e. The number of guanidine groups is 1. The van der Waals surface area contributed by atoms with Crippen molar-refractivity contribution in [3.8, 4) is 0 Å². The molecule has 5 heteroatoms. The van der Waals surface area contributed by atoms with Crippen molar-refractivity contribution in [2.75, 3.05) is 29.4 Å². The van der Waals surface area contributed by atoms with Gasteiger partial charge in [-0.1, -0.05) is 29.8 Å². The zero-order chi connectivity index (χ0) is 16.0. The van der Waals surface area contributed by atoms with Gasteiger partial charge in [-0.3, -0.25) is 9.79 Å². The summed E-state index contributed by atoms with van der Waals surface area (Å²) in [4.78, 5) is 21.7. The number of rotatable bonds is 3. The van der Waals surface area contributed by atoms with Crippen molar-refractivity contribution >= 4 is 35.5 Å². The first-order valence-electron chi connectivity index (χ1n) is 7.94. The molecule has 4 rings (SSSR count). The molecule has 0 unspecified atom stereocenters. The molecule has 0 amide bonds. The molecule has 0 fully saturated rings. The van der Waals surface area contributed by atoms with E-state index in [-0.39, 0.29) is 18.2 Å². The lowest BCUT2D eigenvalue weighted by atomic mass is 10.0. The van der Waals surface area contributed by atoms with Crippen LogP contribution < -0.4 is 9.80 Å². The van der Waals surface area contributed by atoms with Crippen molar-refractivity contribution in [3.63, 3.8) is 0 Å². The van der Waals surface area contributed by atoms with E-state index in [1.54, 1.807) is 0 Å². The fraction of sp³-hybridized carbons (Fsp3) is 0.263. The lowest BCUT2D eigenvalue weighted by Gasteiger charge is -2.19. The molecule has 0 N–H and O–H groups in total. The number of halogens is 1. The lowest BCUT2D eigenvalue weighted by molar-refractivity contribution is 0.100. The fourth-order valence-corrected chi connectivity index (χ4v) is 3.34. The second kappa shape index (κ2) is 6.29. The number of carbonyl (C=O) groups excluding carboxylic acids is 1. The molecule has 0 spiro atoms. The topological polar surface area (TPSA) is 35.9 Å². The highest BCUT2D eigenvalue weighted by Gasteiger charge is 2.36. The number of ketones is 1. The van der Waals surface area contributed by atoms with Gasteiger partial charge in [-0.05, 0) is 37.6 Å². The molecule has 0 saturated carbocycles. The van der Waals surface area contributed by atoms with Gasteiger partial charge in [-0.2, -0.15) is 0 Å². The summed E-state index contributed by atoms with van der Waals surface area (Å²) in [6.45, 7) is 6.02. The van der Waals surface area contributed by atoms with Gasteiger partial charge >= 0.3 is 0 Å². The first kappa shape index (κ1) is 16.5. The molecule has 124 valence electrons. The highest BCUT2D eigenvalue weighted by atomic mass is 35.5. The van der Waals surface area contributed by atoms with E-state index in [1.807, 2.05) is 49.1 Å². The van der Waals surface area contributed by atoms with E-state index >= 15 is 0 Å². The summed E-state index contributed by atoms with van der Waals surface area (Å²) in [6, 6.07) is 14.2. The number of benzene rings is 2. The molecule has 0 radical (unpaired) electrons. The summed E-state index contributed by atoms with van der Waals surface area (Å²) in [6.07, 6.45) is 0. The number of nitrogens with zero attached hydrogens (tertiary/aromatic N) is 3. The number of hydrogen-bond donors (Lipinski definition) is 0. The third-order valence-corrected chi connectivity index (χ3v) is 4.52. The molecule has 2 aliphatic rings. The maximum atomic E-state index is 12.9. The Morgan fingerprint density at radius 3 is 2.67 bits per heavy atom. The first-order chi connectivity index (χ1) is 11.1. The van der Waals surface area contributed by atoms with Gasteiger partial charge in [0, 0.05) is 12.1 Å². The Labute approximate surface area is 148 Å². The van der Waals surface area contributed by atoms with E-state index in [9.17, 15) is 4.79 Å². The van der Waals surface area contributed by atoms with E-state index in [0.29, 0.717) is 6.54 Å². The van der Waals surface area contributed by atoms with Gasteiger partial charge in [0.1, 0.15) is 0 Å². The highest BCUT2D eigenvalue weighted by molar-refractivity contribution is 6.20. The van der Waals surface area contributed by atoms with Crippen molar-refractivity contribution < 1.29 is 4.79 Å². The number of Topliss-reactive ketones (excluding diaryl/α,β-unsaturated/α-hetero) is 1. The van der Waals surface area contributed by atoms with E-state index < -0.39 is 0 Å². The molecule has 2 aromatic rings. The average Bonchev–Trinajstić information content (AvgIpc) is 3.13. The number of carbonyl (C=O) groups is 1. The van der Waals surface area contributed by atoms with Crippen LogP contribution in [0.2, 0.25) is 0 Å². The number of fused-ring (bicyclic) bond motifs is 3. The smallest absolute Gasteiger partial charge is 0.206 e. The first-order valence-corrected chi connectivity index (χ1v) is 7.94. The largest absolute Gasteiger partial charge is 0.308 e. The molecule has 0 saturated heterocycles. The molecule has 0 bridgehead atoms. The average molecular weight is 342 g/mol. The van der Waals surface area contributed by atoms with Crippen LogP contribution in [-0.2, 0) is 0 Å². The molecule has 2 aromatic carbocycles. The second-order valence-electron chi connectivity index (χ2n) is 6.15. The van der Waals surface area contributed by atoms with Crippen LogP contribution in [0.1, 0.15) is 21.5 Å². The quantitative estimate of drug-likeness (QED) is 0.800. The molecule has 0 aromatic heterocycles. The van der Waals surface area contributed by atoms with Crippen molar-refractivity contribution in [2.45, 2.75) is 13.8 Å².